The number of ether oxygens (including phenoxy) is 1. The molecule has 0 amide bonds. The second-order valence-electron chi connectivity index (χ2n) is 9.03. The molecule has 30 heavy (non-hydrogen) atoms. The Balaban J connectivity index is 1.54. The maximum atomic E-state index is 12.0. The average molecular weight is 415 g/mol. The zero-order chi connectivity index (χ0) is 21.9. The first kappa shape index (κ1) is 21.9. The Bertz CT molecular complexity index is 910. The molecule has 0 aromatic carbocycles. The average Bonchev–Trinajstić information content (AvgIpc) is 3.10. The standard InChI is InChI=1S/C21H29N5O4/c1-13-9-16(11-17(22-13)20(28)29)19-23-25-26(24-19)12-15-7-5-14(6-8-15)10-18(27)30-21(2,3)4/h9,11,14-15H,5-8,10,12H2,1-4H3,(H,28,29)/t14-,15-. The van der Waals surface area contributed by atoms with Crippen LogP contribution in [-0.2, 0) is 16.1 Å². The number of aromatic carboxylic acids is 1. The number of carbonyl (C=O) groups excluding carboxylic acids is 1. The van der Waals surface area contributed by atoms with Gasteiger partial charge < -0.3 is 9.84 Å². The van der Waals surface area contributed by atoms with Gasteiger partial charge in [-0.3, -0.25) is 4.79 Å². The third-order valence-electron chi connectivity index (χ3n) is 5.15. The van der Waals surface area contributed by atoms with Crippen LogP contribution in [-0.4, -0.2) is 47.8 Å². The highest BCUT2D eigenvalue weighted by atomic mass is 16.6. The molecule has 2 aromatic rings. The molecule has 0 aliphatic heterocycles. The largest absolute Gasteiger partial charge is 0.477 e. The van der Waals surface area contributed by atoms with Gasteiger partial charge in [0.15, 0.2) is 0 Å². The smallest absolute Gasteiger partial charge is 0.354 e. The summed E-state index contributed by atoms with van der Waals surface area (Å²) in [7, 11) is 0. The summed E-state index contributed by atoms with van der Waals surface area (Å²) < 4.78 is 5.43. The highest BCUT2D eigenvalue weighted by Crippen LogP contribution is 2.32. The molecule has 0 atom stereocenters. The van der Waals surface area contributed by atoms with E-state index in [2.05, 4.69) is 20.4 Å². The summed E-state index contributed by atoms with van der Waals surface area (Å²) in [4.78, 5) is 28.8. The lowest BCUT2D eigenvalue weighted by Crippen LogP contribution is -2.27. The lowest BCUT2D eigenvalue weighted by atomic mass is 9.80. The zero-order valence-electron chi connectivity index (χ0n) is 18.0. The lowest BCUT2D eigenvalue weighted by Gasteiger charge is -2.28. The molecule has 0 bridgehead atoms. The SMILES string of the molecule is Cc1cc(-c2nnn(C[C@H]3CC[C@H](CC(=O)OC(C)(C)C)CC3)n2)cc(C(=O)O)n1. The predicted octanol–water partition coefficient (Wildman–Crippen LogP) is 3.28. The molecule has 0 saturated heterocycles. The number of tetrazole rings is 1. The molecule has 0 radical (unpaired) electrons. The van der Waals surface area contributed by atoms with Gasteiger partial charge >= 0.3 is 11.9 Å². The van der Waals surface area contributed by atoms with Crippen LogP contribution in [0.1, 0.15) is 69.1 Å². The van der Waals surface area contributed by atoms with Crippen LogP contribution in [0.5, 0.6) is 0 Å². The van der Waals surface area contributed by atoms with E-state index >= 15 is 0 Å². The van der Waals surface area contributed by atoms with E-state index in [-0.39, 0.29) is 11.7 Å². The molecule has 0 spiro atoms. The Labute approximate surface area is 175 Å². The van der Waals surface area contributed by atoms with Crippen molar-refractivity contribution < 1.29 is 19.4 Å². The molecular weight excluding hydrogens is 386 g/mol. The highest BCUT2D eigenvalue weighted by molar-refractivity contribution is 5.86. The summed E-state index contributed by atoms with van der Waals surface area (Å²) in [6, 6.07) is 3.20. The fourth-order valence-electron chi connectivity index (χ4n) is 3.81. The van der Waals surface area contributed by atoms with Gasteiger partial charge in [0.25, 0.3) is 0 Å². The van der Waals surface area contributed by atoms with Crippen molar-refractivity contribution in [3.05, 3.63) is 23.5 Å². The molecule has 1 saturated carbocycles. The van der Waals surface area contributed by atoms with Crippen molar-refractivity contribution >= 4 is 11.9 Å². The first-order valence-corrected chi connectivity index (χ1v) is 10.3. The van der Waals surface area contributed by atoms with Gasteiger partial charge in [-0.05, 0) is 82.6 Å². The molecule has 9 heteroatoms. The van der Waals surface area contributed by atoms with Crippen molar-refractivity contribution in [2.24, 2.45) is 11.8 Å². The van der Waals surface area contributed by atoms with E-state index in [1.165, 1.54) is 6.07 Å². The van der Waals surface area contributed by atoms with Crippen LogP contribution in [0.25, 0.3) is 11.4 Å². The van der Waals surface area contributed by atoms with Crippen LogP contribution in [0, 0.1) is 18.8 Å². The fourth-order valence-corrected chi connectivity index (χ4v) is 3.81. The summed E-state index contributed by atoms with van der Waals surface area (Å²) in [5, 5.41) is 21.8. The normalized spacial score (nSPS) is 19.5. The Morgan fingerprint density at radius 2 is 1.83 bits per heavy atom. The lowest BCUT2D eigenvalue weighted by molar-refractivity contribution is -0.156. The van der Waals surface area contributed by atoms with E-state index in [1.807, 2.05) is 20.8 Å². The van der Waals surface area contributed by atoms with Crippen molar-refractivity contribution in [2.45, 2.75) is 71.9 Å². The van der Waals surface area contributed by atoms with Crippen molar-refractivity contribution in [1.82, 2.24) is 25.2 Å². The fraction of sp³-hybridized carbons (Fsp3) is 0.619. The minimum atomic E-state index is -1.09. The third-order valence-corrected chi connectivity index (χ3v) is 5.15. The summed E-state index contributed by atoms with van der Waals surface area (Å²) in [5.41, 5.74) is 0.699. The third kappa shape index (κ3) is 6.08. The summed E-state index contributed by atoms with van der Waals surface area (Å²) >= 11 is 0. The number of aromatic nitrogens is 5. The van der Waals surface area contributed by atoms with Gasteiger partial charge in [0.05, 0.1) is 6.54 Å². The molecule has 1 aliphatic carbocycles. The molecule has 162 valence electrons. The second-order valence-corrected chi connectivity index (χ2v) is 9.03. The quantitative estimate of drug-likeness (QED) is 0.714. The number of carboxylic acids is 1. The van der Waals surface area contributed by atoms with E-state index in [9.17, 15) is 14.7 Å². The first-order valence-electron chi connectivity index (χ1n) is 10.3. The van der Waals surface area contributed by atoms with E-state index in [1.54, 1.807) is 17.8 Å². The summed E-state index contributed by atoms with van der Waals surface area (Å²) in [6.45, 7) is 8.04. The van der Waals surface area contributed by atoms with Crippen LogP contribution in [0.3, 0.4) is 0 Å². The second kappa shape index (κ2) is 8.89. The van der Waals surface area contributed by atoms with Crippen molar-refractivity contribution in [1.29, 1.82) is 0 Å². The molecule has 2 aromatic heterocycles. The number of rotatable bonds is 6. The topological polar surface area (TPSA) is 120 Å². The van der Waals surface area contributed by atoms with E-state index < -0.39 is 11.6 Å². The molecule has 1 aliphatic rings. The number of hydrogen-bond donors (Lipinski definition) is 1. The number of hydrogen-bond acceptors (Lipinski definition) is 7. The summed E-state index contributed by atoms with van der Waals surface area (Å²) in [5.74, 6) is -0.0284. The van der Waals surface area contributed by atoms with Gasteiger partial charge in [-0.1, -0.05) is 0 Å². The van der Waals surface area contributed by atoms with E-state index in [4.69, 9.17) is 4.74 Å². The molecule has 1 fully saturated rings. The molecule has 1 N–H and O–H groups in total. The van der Waals surface area contributed by atoms with Gasteiger partial charge in [0.2, 0.25) is 5.82 Å². The monoisotopic (exact) mass is 415 g/mol. The summed E-state index contributed by atoms with van der Waals surface area (Å²) in [6.07, 6.45) is 4.45. The van der Waals surface area contributed by atoms with Gasteiger partial charge in [-0.15, -0.1) is 10.2 Å². The van der Waals surface area contributed by atoms with Crippen LogP contribution in [0.15, 0.2) is 12.1 Å². The molecular formula is C21H29N5O4. The van der Waals surface area contributed by atoms with Crippen LogP contribution in [0.2, 0.25) is 0 Å². The minimum Gasteiger partial charge on any atom is -0.477 e. The highest BCUT2D eigenvalue weighted by Gasteiger charge is 2.26. The Hall–Kier alpha value is -2.84. The molecule has 3 rings (SSSR count). The number of carbonyl (C=O) groups is 2. The molecule has 0 unspecified atom stereocenters. The number of esters is 1. The number of pyridine rings is 1. The maximum Gasteiger partial charge on any atom is 0.354 e. The molecule has 2 heterocycles. The van der Waals surface area contributed by atoms with E-state index in [0.29, 0.717) is 41.9 Å². The minimum absolute atomic E-state index is 0.0374. The van der Waals surface area contributed by atoms with Crippen molar-refractivity contribution in [3.63, 3.8) is 0 Å². The first-order chi connectivity index (χ1) is 14.1. The van der Waals surface area contributed by atoms with Crippen molar-refractivity contribution in [2.75, 3.05) is 0 Å². The Morgan fingerprint density at radius 3 is 2.47 bits per heavy atom. The van der Waals surface area contributed by atoms with Crippen LogP contribution < -0.4 is 0 Å². The van der Waals surface area contributed by atoms with Gasteiger partial charge in [-0.2, -0.15) is 4.80 Å². The maximum absolute atomic E-state index is 12.0. The van der Waals surface area contributed by atoms with Crippen LogP contribution >= 0.6 is 0 Å². The van der Waals surface area contributed by atoms with E-state index in [0.717, 1.165) is 25.7 Å². The Kier molecular flexibility index (Phi) is 6.48. The number of nitrogens with zero attached hydrogens (tertiary/aromatic N) is 5. The predicted molar refractivity (Wildman–Crippen MR) is 109 cm³/mol. The molecule has 9 nitrogen and oxygen atoms in total. The van der Waals surface area contributed by atoms with Gasteiger partial charge in [-0.25, -0.2) is 9.78 Å². The zero-order valence-corrected chi connectivity index (χ0v) is 18.0. The number of aryl methyl sites for hydroxylation is 1. The van der Waals surface area contributed by atoms with Crippen molar-refractivity contribution in [3.8, 4) is 11.4 Å². The van der Waals surface area contributed by atoms with Gasteiger partial charge in [0.1, 0.15) is 11.3 Å². The van der Waals surface area contributed by atoms with Crippen LogP contribution in [0.4, 0.5) is 0 Å². The van der Waals surface area contributed by atoms with Gasteiger partial charge in [0, 0.05) is 17.7 Å². The number of carboxylic acid groups (broad SMARTS) is 1. The Morgan fingerprint density at radius 1 is 1.17 bits per heavy atom.